The first-order valence-corrected chi connectivity index (χ1v) is 9.08. The number of benzene rings is 1. The summed E-state index contributed by atoms with van der Waals surface area (Å²) in [5, 5.41) is 0. The van der Waals surface area contributed by atoms with Gasteiger partial charge in [-0.3, -0.25) is 9.78 Å². The Kier molecular flexibility index (Phi) is 6.38. The Bertz CT molecular complexity index is 1070. The number of hydrogen-bond donors (Lipinski definition) is 1. The Hall–Kier alpha value is -3.69. The van der Waals surface area contributed by atoms with Gasteiger partial charge in [0, 0.05) is 24.5 Å². The molecule has 162 valence electrons. The van der Waals surface area contributed by atoms with Crippen LogP contribution in [0.15, 0.2) is 54.9 Å². The van der Waals surface area contributed by atoms with Crippen LogP contribution in [0.4, 0.5) is 23.2 Å². The van der Waals surface area contributed by atoms with Gasteiger partial charge < -0.3 is 15.4 Å². The molecule has 0 aliphatic carbocycles. The van der Waals surface area contributed by atoms with E-state index in [1.165, 1.54) is 42.6 Å². The van der Waals surface area contributed by atoms with Gasteiger partial charge in [-0.1, -0.05) is 12.1 Å². The molecular weight excluding hydrogens is 416 g/mol. The van der Waals surface area contributed by atoms with Gasteiger partial charge >= 0.3 is 6.18 Å². The van der Waals surface area contributed by atoms with Gasteiger partial charge in [0.05, 0.1) is 12.7 Å². The summed E-state index contributed by atoms with van der Waals surface area (Å²) < 4.78 is 57.6. The summed E-state index contributed by atoms with van der Waals surface area (Å²) in [4.78, 5) is 20.4. The highest BCUT2D eigenvalue weighted by molar-refractivity contribution is 5.92. The Morgan fingerprint density at radius 1 is 1.13 bits per heavy atom. The molecule has 0 radical (unpaired) electrons. The van der Waals surface area contributed by atoms with Gasteiger partial charge in [0.25, 0.3) is 5.91 Å². The number of rotatable bonds is 7. The van der Waals surface area contributed by atoms with E-state index in [-0.39, 0.29) is 18.8 Å². The van der Waals surface area contributed by atoms with Crippen molar-refractivity contribution in [2.45, 2.75) is 6.18 Å². The summed E-state index contributed by atoms with van der Waals surface area (Å²) in [7, 11) is 1.62. The third-order valence-corrected chi connectivity index (χ3v) is 4.43. The number of anilines is 1. The van der Waals surface area contributed by atoms with E-state index in [1.54, 1.807) is 11.9 Å². The molecular formula is C21H18F4N4O2. The first-order chi connectivity index (χ1) is 14.6. The fraction of sp³-hybridized carbons (Fsp3) is 0.190. The van der Waals surface area contributed by atoms with E-state index in [1.807, 2.05) is 0 Å². The number of primary amides is 1. The number of aromatic nitrogens is 2. The fourth-order valence-corrected chi connectivity index (χ4v) is 2.78. The van der Waals surface area contributed by atoms with Gasteiger partial charge in [-0.15, -0.1) is 0 Å². The fourth-order valence-electron chi connectivity index (χ4n) is 2.78. The summed E-state index contributed by atoms with van der Waals surface area (Å²) in [5.41, 5.74) is 5.71. The van der Waals surface area contributed by atoms with Gasteiger partial charge in [0.1, 0.15) is 29.6 Å². The summed E-state index contributed by atoms with van der Waals surface area (Å²) >= 11 is 0. The molecule has 0 atom stereocenters. The van der Waals surface area contributed by atoms with E-state index in [0.717, 1.165) is 12.3 Å². The number of pyridine rings is 2. The third-order valence-electron chi connectivity index (χ3n) is 4.43. The van der Waals surface area contributed by atoms with Gasteiger partial charge in [-0.25, -0.2) is 9.37 Å². The van der Waals surface area contributed by atoms with E-state index in [2.05, 4.69) is 9.97 Å². The predicted molar refractivity (Wildman–Crippen MR) is 106 cm³/mol. The zero-order valence-corrected chi connectivity index (χ0v) is 16.4. The first-order valence-electron chi connectivity index (χ1n) is 9.08. The summed E-state index contributed by atoms with van der Waals surface area (Å²) in [6, 6.07) is 9.41. The smallest absolute Gasteiger partial charge is 0.433 e. The third kappa shape index (κ3) is 5.47. The number of alkyl halides is 3. The molecule has 10 heteroatoms. The lowest BCUT2D eigenvalue weighted by molar-refractivity contribution is -0.141. The van der Waals surface area contributed by atoms with Gasteiger partial charge in [-0.2, -0.15) is 13.2 Å². The average molecular weight is 434 g/mol. The van der Waals surface area contributed by atoms with Crippen LogP contribution in [-0.4, -0.2) is 36.1 Å². The molecule has 1 amide bonds. The van der Waals surface area contributed by atoms with E-state index in [4.69, 9.17) is 10.5 Å². The molecule has 0 bridgehead atoms. The van der Waals surface area contributed by atoms with Crippen molar-refractivity contribution in [2.75, 3.05) is 25.1 Å². The number of amides is 1. The molecule has 0 unspecified atom stereocenters. The highest BCUT2D eigenvalue weighted by Gasteiger charge is 2.32. The molecule has 3 rings (SSSR count). The van der Waals surface area contributed by atoms with Crippen LogP contribution in [0.5, 0.6) is 5.75 Å². The van der Waals surface area contributed by atoms with Crippen molar-refractivity contribution in [3.05, 3.63) is 72.1 Å². The van der Waals surface area contributed by atoms with Crippen LogP contribution in [-0.2, 0) is 6.18 Å². The van der Waals surface area contributed by atoms with Crippen LogP contribution in [0.3, 0.4) is 0 Å². The summed E-state index contributed by atoms with van der Waals surface area (Å²) in [6.45, 7) is 0.355. The van der Waals surface area contributed by atoms with E-state index in [9.17, 15) is 22.4 Å². The summed E-state index contributed by atoms with van der Waals surface area (Å²) in [6.07, 6.45) is -2.12. The van der Waals surface area contributed by atoms with Crippen molar-refractivity contribution in [3.63, 3.8) is 0 Å². The second kappa shape index (κ2) is 8.99. The molecule has 3 aromatic rings. The lowest BCUT2D eigenvalue weighted by atomic mass is 10.0. The predicted octanol–water partition coefficient (Wildman–Crippen LogP) is 3.92. The molecule has 31 heavy (non-hydrogen) atoms. The molecule has 2 heterocycles. The zero-order chi connectivity index (χ0) is 22.6. The van der Waals surface area contributed by atoms with Crippen LogP contribution >= 0.6 is 0 Å². The van der Waals surface area contributed by atoms with Crippen LogP contribution in [0.1, 0.15) is 16.2 Å². The average Bonchev–Trinajstić information content (AvgIpc) is 2.74. The molecule has 6 nitrogen and oxygen atoms in total. The monoisotopic (exact) mass is 434 g/mol. The van der Waals surface area contributed by atoms with Crippen LogP contribution in [0, 0.1) is 5.82 Å². The minimum atomic E-state index is -4.54. The van der Waals surface area contributed by atoms with Gasteiger partial charge in [0.15, 0.2) is 0 Å². The number of nitrogens with two attached hydrogens (primary N) is 1. The van der Waals surface area contributed by atoms with E-state index >= 15 is 0 Å². The number of carbonyl (C=O) groups excluding carboxylic acids is 1. The molecule has 0 fully saturated rings. The lowest BCUT2D eigenvalue weighted by Gasteiger charge is -2.21. The van der Waals surface area contributed by atoms with Crippen molar-refractivity contribution in [1.29, 1.82) is 0 Å². The molecule has 0 aliphatic heterocycles. The maximum atomic E-state index is 13.3. The number of ether oxygens (including phenoxy) is 1. The standard InChI is InChI=1S/C21H18F4N4O2/c1-29(15-6-7-27-19(10-15)21(23,24)25)8-9-31-18-12-28-17(20(26)30)11-16(18)13-2-4-14(22)5-3-13/h2-7,10-12H,8-9H2,1H3,(H2,26,30). The summed E-state index contributed by atoms with van der Waals surface area (Å²) in [5.74, 6) is -0.837. The van der Waals surface area contributed by atoms with Crippen LogP contribution < -0.4 is 15.4 Å². The highest BCUT2D eigenvalue weighted by atomic mass is 19.4. The molecule has 2 N–H and O–H groups in total. The minimum absolute atomic E-state index is 0.0141. The molecule has 0 saturated carbocycles. The first kappa shape index (κ1) is 22.0. The minimum Gasteiger partial charge on any atom is -0.489 e. The number of nitrogens with zero attached hydrogens (tertiary/aromatic N) is 3. The van der Waals surface area contributed by atoms with Crippen LogP contribution in [0.2, 0.25) is 0 Å². The van der Waals surface area contributed by atoms with Gasteiger partial charge in [-0.05, 0) is 35.9 Å². The molecule has 2 aromatic heterocycles. The number of hydrogen-bond acceptors (Lipinski definition) is 5. The van der Waals surface area contributed by atoms with Crippen molar-refractivity contribution < 1.29 is 27.1 Å². The van der Waals surface area contributed by atoms with E-state index in [0.29, 0.717) is 22.6 Å². The van der Waals surface area contributed by atoms with Crippen molar-refractivity contribution in [3.8, 4) is 16.9 Å². The van der Waals surface area contributed by atoms with Gasteiger partial charge in [0.2, 0.25) is 0 Å². The Balaban J connectivity index is 1.76. The van der Waals surface area contributed by atoms with Crippen molar-refractivity contribution in [2.24, 2.45) is 5.73 Å². The molecule has 1 aromatic carbocycles. The van der Waals surface area contributed by atoms with Crippen molar-refractivity contribution in [1.82, 2.24) is 9.97 Å². The largest absolute Gasteiger partial charge is 0.489 e. The molecule has 0 spiro atoms. The second-order valence-electron chi connectivity index (χ2n) is 6.60. The number of halogens is 4. The molecule has 0 saturated heterocycles. The number of likely N-dealkylation sites (N-methyl/N-ethyl adjacent to an activating group) is 1. The highest BCUT2D eigenvalue weighted by Crippen LogP contribution is 2.31. The molecule has 0 aliphatic rings. The maximum absolute atomic E-state index is 13.3. The topological polar surface area (TPSA) is 81.3 Å². The lowest BCUT2D eigenvalue weighted by Crippen LogP contribution is -2.24. The Morgan fingerprint density at radius 3 is 2.48 bits per heavy atom. The Morgan fingerprint density at radius 2 is 1.84 bits per heavy atom. The second-order valence-corrected chi connectivity index (χ2v) is 6.60. The normalized spacial score (nSPS) is 11.3. The maximum Gasteiger partial charge on any atom is 0.433 e. The zero-order valence-electron chi connectivity index (χ0n) is 16.4. The SMILES string of the molecule is CN(CCOc1cnc(C(N)=O)cc1-c1ccc(F)cc1)c1ccnc(C(F)(F)F)c1. The number of carbonyl (C=O) groups is 1. The quantitative estimate of drug-likeness (QED) is 0.570. The Labute approximate surface area is 175 Å². The van der Waals surface area contributed by atoms with Crippen LogP contribution in [0.25, 0.3) is 11.1 Å². The van der Waals surface area contributed by atoms with E-state index < -0.39 is 23.6 Å². The van der Waals surface area contributed by atoms with Crippen molar-refractivity contribution >= 4 is 11.6 Å².